The monoisotopic (exact) mass is 549 g/mol. The molecule has 1 fully saturated rings. The number of carbonyl (C=O) groups excluding carboxylic acids is 3. The molecule has 0 aliphatic carbocycles. The number of non-ortho nitro benzene ring substituents is 1. The lowest BCUT2D eigenvalue weighted by molar-refractivity contribution is -0.384. The van der Waals surface area contributed by atoms with E-state index in [0.29, 0.717) is 29.2 Å². The maximum absolute atomic E-state index is 13.4. The van der Waals surface area contributed by atoms with Crippen LogP contribution in [0.4, 0.5) is 16.2 Å². The second-order valence-corrected chi connectivity index (χ2v) is 8.98. The molecule has 1 N–H and O–H groups in total. The van der Waals surface area contributed by atoms with Crippen molar-refractivity contribution in [2.45, 2.75) is 13.2 Å². The van der Waals surface area contributed by atoms with E-state index in [0.717, 1.165) is 10.5 Å². The number of nitrogens with zero attached hydrogens (tertiary/aromatic N) is 2. The van der Waals surface area contributed by atoms with Gasteiger partial charge in [0, 0.05) is 17.7 Å². The highest BCUT2D eigenvalue weighted by Crippen LogP contribution is 2.27. The zero-order chi connectivity index (χ0) is 28.8. The number of urea groups is 1. The molecular formula is C31H23N3O7. The highest BCUT2D eigenvalue weighted by atomic mass is 16.6. The van der Waals surface area contributed by atoms with Gasteiger partial charge in [0.15, 0.2) is 0 Å². The summed E-state index contributed by atoms with van der Waals surface area (Å²) in [7, 11) is 0. The van der Waals surface area contributed by atoms with Crippen LogP contribution in [0.2, 0.25) is 0 Å². The Morgan fingerprint density at radius 3 is 2.22 bits per heavy atom. The molecule has 0 bridgehead atoms. The van der Waals surface area contributed by atoms with E-state index in [2.05, 4.69) is 5.32 Å². The van der Waals surface area contributed by atoms with Crippen LogP contribution in [-0.2, 0) is 22.8 Å². The van der Waals surface area contributed by atoms with Gasteiger partial charge in [-0.1, -0.05) is 60.7 Å². The van der Waals surface area contributed by atoms with E-state index in [9.17, 15) is 24.5 Å². The van der Waals surface area contributed by atoms with Crippen molar-refractivity contribution in [3.63, 3.8) is 0 Å². The van der Waals surface area contributed by atoms with Crippen LogP contribution in [0.25, 0.3) is 6.08 Å². The molecular weight excluding hydrogens is 526 g/mol. The van der Waals surface area contributed by atoms with E-state index < -0.39 is 22.8 Å². The van der Waals surface area contributed by atoms with E-state index in [1.807, 2.05) is 30.3 Å². The average Bonchev–Trinajstić information content (AvgIpc) is 2.99. The number of para-hydroxylation sites is 1. The summed E-state index contributed by atoms with van der Waals surface area (Å²) < 4.78 is 11.6. The predicted molar refractivity (Wildman–Crippen MR) is 150 cm³/mol. The summed E-state index contributed by atoms with van der Waals surface area (Å²) in [4.78, 5) is 50.2. The second-order valence-electron chi connectivity index (χ2n) is 8.98. The third-order valence-corrected chi connectivity index (χ3v) is 6.18. The number of hydrogen-bond donors (Lipinski definition) is 1. The first kappa shape index (κ1) is 26.8. The van der Waals surface area contributed by atoms with Gasteiger partial charge >= 0.3 is 6.03 Å². The fourth-order valence-corrected chi connectivity index (χ4v) is 4.13. The number of amides is 4. The normalized spacial score (nSPS) is 14.1. The number of nitrogens with one attached hydrogen (secondary N) is 1. The average molecular weight is 550 g/mol. The number of imide groups is 2. The van der Waals surface area contributed by atoms with Crippen LogP contribution in [0.1, 0.15) is 16.7 Å². The van der Waals surface area contributed by atoms with Gasteiger partial charge < -0.3 is 9.47 Å². The number of anilines is 1. The summed E-state index contributed by atoms with van der Waals surface area (Å²) in [6.45, 7) is 0.374. The Labute approximate surface area is 234 Å². The third-order valence-electron chi connectivity index (χ3n) is 6.18. The van der Waals surface area contributed by atoms with Crippen LogP contribution in [0.5, 0.6) is 11.5 Å². The minimum absolute atomic E-state index is 0.0192. The number of hydrogen-bond acceptors (Lipinski definition) is 7. The number of nitro benzene ring substituents is 1. The quantitative estimate of drug-likeness (QED) is 0.128. The molecule has 0 unspecified atom stereocenters. The van der Waals surface area contributed by atoms with Crippen LogP contribution in [0, 0.1) is 10.1 Å². The van der Waals surface area contributed by atoms with Gasteiger partial charge in [0.25, 0.3) is 17.5 Å². The first-order valence-corrected chi connectivity index (χ1v) is 12.5. The first-order valence-electron chi connectivity index (χ1n) is 12.5. The zero-order valence-corrected chi connectivity index (χ0v) is 21.6. The summed E-state index contributed by atoms with van der Waals surface area (Å²) in [6, 6.07) is 27.9. The number of rotatable bonds is 9. The molecule has 204 valence electrons. The van der Waals surface area contributed by atoms with E-state index in [1.54, 1.807) is 60.7 Å². The Hall–Kier alpha value is -5.77. The van der Waals surface area contributed by atoms with Gasteiger partial charge in [-0.25, -0.2) is 9.69 Å². The standard InChI is InChI=1S/C31H23N3O7/c35-29-27(18-23-10-4-5-12-28(23)41-20-22-9-6-11-25(17-22)34(38)39)30(36)33(31(37)32-29)24-13-15-26(16-14-24)40-19-21-7-2-1-3-8-21/h1-18H,19-20H2,(H,32,35,37)/b27-18+. The highest BCUT2D eigenvalue weighted by molar-refractivity contribution is 6.39. The minimum Gasteiger partial charge on any atom is -0.489 e. The van der Waals surface area contributed by atoms with E-state index in [-0.39, 0.29) is 23.6 Å². The maximum atomic E-state index is 13.4. The maximum Gasteiger partial charge on any atom is 0.335 e. The summed E-state index contributed by atoms with van der Waals surface area (Å²) in [6.07, 6.45) is 1.34. The molecule has 1 aliphatic heterocycles. The van der Waals surface area contributed by atoms with E-state index in [4.69, 9.17) is 9.47 Å². The van der Waals surface area contributed by atoms with Crippen LogP contribution in [0.3, 0.4) is 0 Å². The number of barbiturate groups is 1. The first-order chi connectivity index (χ1) is 19.9. The molecule has 10 nitrogen and oxygen atoms in total. The van der Waals surface area contributed by atoms with Crippen molar-refractivity contribution in [1.29, 1.82) is 0 Å². The summed E-state index contributed by atoms with van der Waals surface area (Å²) in [5.41, 5.74) is 1.90. The number of nitro groups is 1. The Morgan fingerprint density at radius 2 is 1.46 bits per heavy atom. The van der Waals surface area contributed by atoms with Crippen LogP contribution < -0.4 is 19.7 Å². The lowest BCUT2D eigenvalue weighted by Crippen LogP contribution is -2.54. The molecule has 41 heavy (non-hydrogen) atoms. The minimum atomic E-state index is -0.870. The molecule has 0 radical (unpaired) electrons. The molecule has 1 saturated heterocycles. The SMILES string of the molecule is O=C1NC(=O)N(c2ccc(OCc3ccccc3)cc2)C(=O)/C1=C/c1ccccc1OCc1cccc([N+](=O)[O-])c1. The molecule has 4 aromatic carbocycles. The molecule has 1 aliphatic rings. The van der Waals surface area contributed by atoms with Crippen molar-refractivity contribution in [1.82, 2.24) is 5.32 Å². The van der Waals surface area contributed by atoms with E-state index >= 15 is 0 Å². The van der Waals surface area contributed by atoms with Crippen molar-refractivity contribution >= 4 is 35.3 Å². The van der Waals surface area contributed by atoms with Gasteiger partial charge in [0.05, 0.1) is 10.6 Å². The van der Waals surface area contributed by atoms with Gasteiger partial charge in [0.2, 0.25) is 0 Å². The van der Waals surface area contributed by atoms with Crippen molar-refractivity contribution in [2.24, 2.45) is 0 Å². The molecule has 5 rings (SSSR count). The Bertz CT molecular complexity index is 1650. The molecule has 10 heteroatoms. The van der Waals surface area contributed by atoms with Crippen molar-refractivity contribution in [3.05, 3.63) is 136 Å². The van der Waals surface area contributed by atoms with E-state index in [1.165, 1.54) is 18.2 Å². The fourth-order valence-electron chi connectivity index (χ4n) is 4.13. The molecule has 1 heterocycles. The van der Waals surface area contributed by atoms with Crippen LogP contribution in [-0.4, -0.2) is 22.8 Å². The van der Waals surface area contributed by atoms with Gasteiger partial charge in [-0.3, -0.25) is 25.0 Å². The van der Waals surface area contributed by atoms with Gasteiger partial charge in [-0.05, 0) is 47.5 Å². The van der Waals surface area contributed by atoms with Gasteiger partial charge in [0.1, 0.15) is 30.3 Å². The smallest absolute Gasteiger partial charge is 0.335 e. The lowest BCUT2D eigenvalue weighted by Gasteiger charge is -2.26. The summed E-state index contributed by atoms with van der Waals surface area (Å²) >= 11 is 0. The lowest BCUT2D eigenvalue weighted by atomic mass is 10.1. The molecule has 4 amide bonds. The molecule has 0 saturated carbocycles. The molecule has 0 atom stereocenters. The van der Waals surface area contributed by atoms with Gasteiger partial charge in [-0.15, -0.1) is 0 Å². The van der Waals surface area contributed by atoms with Crippen LogP contribution in [0.15, 0.2) is 109 Å². The Balaban J connectivity index is 1.34. The summed E-state index contributed by atoms with van der Waals surface area (Å²) in [5.74, 6) is -0.752. The predicted octanol–water partition coefficient (Wildman–Crippen LogP) is 5.42. The number of carbonyl (C=O) groups is 3. The Morgan fingerprint density at radius 1 is 0.780 bits per heavy atom. The number of benzene rings is 4. The largest absolute Gasteiger partial charge is 0.489 e. The topological polar surface area (TPSA) is 128 Å². The van der Waals surface area contributed by atoms with Crippen LogP contribution >= 0.6 is 0 Å². The molecule has 0 aromatic heterocycles. The fraction of sp³-hybridized carbons (Fsp3) is 0.0645. The third kappa shape index (κ3) is 6.28. The molecule has 0 spiro atoms. The second kappa shape index (κ2) is 12.0. The Kier molecular flexibility index (Phi) is 7.82. The van der Waals surface area contributed by atoms with Gasteiger partial charge in [-0.2, -0.15) is 0 Å². The van der Waals surface area contributed by atoms with Crippen molar-refractivity contribution in [3.8, 4) is 11.5 Å². The molecule has 4 aromatic rings. The van der Waals surface area contributed by atoms with Crippen molar-refractivity contribution in [2.75, 3.05) is 4.90 Å². The highest BCUT2D eigenvalue weighted by Gasteiger charge is 2.37. The summed E-state index contributed by atoms with van der Waals surface area (Å²) in [5, 5.41) is 13.3. The van der Waals surface area contributed by atoms with Crippen molar-refractivity contribution < 1.29 is 28.8 Å². The number of ether oxygens (including phenoxy) is 2. The zero-order valence-electron chi connectivity index (χ0n) is 21.6.